The van der Waals surface area contributed by atoms with E-state index in [2.05, 4.69) is 20.9 Å². The first kappa shape index (κ1) is 19.6. The third-order valence-electron chi connectivity index (χ3n) is 4.05. The zero-order valence-corrected chi connectivity index (χ0v) is 16.9. The Kier molecular flexibility index (Phi) is 5.79. The average Bonchev–Trinajstić information content (AvgIpc) is 3.00. The lowest BCUT2D eigenvalue weighted by molar-refractivity contribution is -0.116. The third kappa shape index (κ3) is 4.58. The maximum atomic E-state index is 12.7. The monoisotopic (exact) mass is 398 g/mol. The first-order valence-electron chi connectivity index (χ1n) is 8.76. The molecule has 2 amide bonds. The largest absolute Gasteiger partial charge is 0.495 e. The van der Waals surface area contributed by atoms with Crippen molar-refractivity contribution in [2.45, 2.75) is 26.8 Å². The number of hydrogen-bond donors (Lipinski definition) is 3. The molecule has 146 valence electrons. The van der Waals surface area contributed by atoms with Crippen LogP contribution in [0.1, 0.15) is 18.9 Å². The summed E-state index contributed by atoms with van der Waals surface area (Å²) in [5.41, 5.74) is 2.86. The normalized spacial score (nSPS) is 11.7. The van der Waals surface area contributed by atoms with Crippen molar-refractivity contribution in [3.05, 3.63) is 41.4 Å². The number of aryl methyl sites for hydroxylation is 1. The van der Waals surface area contributed by atoms with E-state index >= 15 is 0 Å². The number of carbonyl (C=O) groups is 2. The summed E-state index contributed by atoms with van der Waals surface area (Å²) in [5, 5.41) is 9.75. The highest BCUT2D eigenvalue weighted by molar-refractivity contribution is 7.18. The minimum absolute atomic E-state index is 0.189. The van der Waals surface area contributed by atoms with E-state index in [0.717, 1.165) is 20.9 Å². The zero-order valence-electron chi connectivity index (χ0n) is 16.1. The van der Waals surface area contributed by atoms with Gasteiger partial charge in [0.2, 0.25) is 11.8 Å². The molecule has 0 bridgehead atoms. The summed E-state index contributed by atoms with van der Waals surface area (Å²) >= 11 is 1.61. The second kappa shape index (κ2) is 8.26. The van der Waals surface area contributed by atoms with Crippen molar-refractivity contribution in [3.63, 3.8) is 0 Å². The number of rotatable bonds is 6. The number of benzene rings is 2. The van der Waals surface area contributed by atoms with E-state index in [1.807, 2.05) is 25.1 Å². The van der Waals surface area contributed by atoms with E-state index in [1.54, 1.807) is 36.5 Å². The number of thiazole rings is 1. The van der Waals surface area contributed by atoms with Gasteiger partial charge in [0.1, 0.15) is 11.8 Å². The fraction of sp³-hybridized carbons (Fsp3) is 0.250. The Bertz CT molecular complexity index is 1030. The van der Waals surface area contributed by atoms with Crippen LogP contribution in [0.15, 0.2) is 36.4 Å². The van der Waals surface area contributed by atoms with Crippen LogP contribution in [0.25, 0.3) is 10.2 Å². The number of amides is 2. The maximum Gasteiger partial charge on any atom is 0.246 e. The lowest BCUT2D eigenvalue weighted by Crippen LogP contribution is -2.32. The van der Waals surface area contributed by atoms with Crippen molar-refractivity contribution >= 4 is 50.4 Å². The average molecular weight is 398 g/mol. The van der Waals surface area contributed by atoms with Gasteiger partial charge in [0.05, 0.1) is 28.0 Å². The molecule has 7 nitrogen and oxygen atoms in total. The van der Waals surface area contributed by atoms with Crippen LogP contribution in [-0.4, -0.2) is 29.9 Å². The Morgan fingerprint density at radius 2 is 1.86 bits per heavy atom. The van der Waals surface area contributed by atoms with Gasteiger partial charge in [0.25, 0.3) is 0 Å². The molecule has 0 saturated heterocycles. The van der Waals surface area contributed by atoms with E-state index in [-0.39, 0.29) is 11.8 Å². The molecule has 1 aromatic heterocycles. The number of hydrogen-bond acceptors (Lipinski definition) is 6. The van der Waals surface area contributed by atoms with Gasteiger partial charge in [-0.3, -0.25) is 9.59 Å². The van der Waals surface area contributed by atoms with E-state index < -0.39 is 6.04 Å². The topological polar surface area (TPSA) is 92.4 Å². The predicted octanol–water partition coefficient (Wildman–Crippen LogP) is 4.01. The Hall–Kier alpha value is -3.13. The minimum Gasteiger partial charge on any atom is -0.495 e. The summed E-state index contributed by atoms with van der Waals surface area (Å²) in [6.07, 6.45) is 0. The van der Waals surface area contributed by atoms with Gasteiger partial charge in [0, 0.05) is 18.3 Å². The highest BCUT2D eigenvalue weighted by atomic mass is 32.1. The Balaban J connectivity index is 1.73. The number of fused-ring (bicyclic) bond motifs is 1. The molecule has 2 aromatic carbocycles. The summed E-state index contributed by atoms with van der Waals surface area (Å²) in [6.45, 7) is 5.17. The number of nitrogens with zero attached hydrogens (tertiary/aromatic N) is 1. The molecule has 0 fully saturated rings. The SMILES string of the molecule is COc1ccc(NC(C)=O)cc1NC(=O)[C@@H](C)Nc1ccc2nc(C)sc2c1. The molecule has 0 radical (unpaired) electrons. The summed E-state index contributed by atoms with van der Waals surface area (Å²) in [6, 6.07) is 10.4. The fourth-order valence-corrected chi connectivity index (χ4v) is 3.64. The second-order valence-electron chi connectivity index (χ2n) is 6.37. The fourth-order valence-electron chi connectivity index (χ4n) is 2.77. The van der Waals surface area contributed by atoms with Gasteiger partial charge in [-0.1, -0.05) is 0 Å². The van der Waals surface area contributed by atoms with Crippen LogP contribution < -0.4 is 20.7 Å². The maximum absolute atomic E-state index is 12.7. The highest BCUT2D eigenvalue weighted by Gasteiger charge is 2.16. The van der Waals surface area contributed by atoms with Gasteiger partial charge in [-0.25, -0.2) is 4.98 Å². The number of anilines is 3. The first-order valence-corrected chi connectivity index (χ1v) is 9.57. The van der Waals surface area contributed by atoms with E-state index in [1.165, 1.54) is 14.0 Å². The lowest BCUT2D eigenvalue weighted by atomic mass is 10.2. The molecular formula is C20H22N4O3S. The quantitative estimate of drug-likeness (QED) is 0.583. The molecule has 0 aliphatic carbocycles. The smallest absolute Gasteiger partial charge is 0.246 e. The van der Waals surface area contributed by atoms with E-state index in [9.17, 15) is 9.59 Å². The second-order valence-corrected chi connectivity index (χ2v) is 7.60. The van der Waals surface area contributed by atoms with Gasteiger partial charge in [-0.05, 0) is 50.2 Å². The van der Waals surface area contributed by atoms with Crippen LogP contribution in [0.5, 0.6) is 5.75 Å². The van der Waals surface area contributed by atoms with Crippen LogP contribution in [0.3, 0.4) is 0 Å². The van der Waals surface area contributed by atoms with Crippen LogP contribution in [-0.2, 0) is 9.59 Å². The summed E-state index contributed by atoms with van der Waals surface area (Å²) < 4.78 is 6.37. The zero-order chi connectivity index (χ0) is 20.3. The van der Waals surface area contributed by atoms with Gasteiger partial charge in [-0.15, -0.1) is 11.3 Å². The number of aromatic nitrogens is 1. The molecule has 3 rings (SSSR count). The minimum atomic E-state index is -0.486. The lowest BCUT2D eigenvalue weighted by Gasteiger charge is -2.17. The van der Waals surface area contributed by atoms with Gasteiger partial charge >= 0.3 is 0 Å². The molecule has 0 aliphatic rings. The van der Waals surface area contributed by atoms with Crippen molar-refractivity contribution in [1.82, 2.24) is 4.98 Å². The van der Waals surface area contributed by atoms with Gasteiger partial charge in [-0.2, -0.15) is 0 Å². The van der Waals surface area contributed by atoms with Gasteiger partial charge < -0.3 is 20.7 Å². The Labute approximate surface area is 167 Å². The molecule has 0 saturated carbocycles. The van der Waals surface area contributed by atoms with Crippen molar-refractivity contribution in [2.24, 2.45) is 0 Å². The Morgan fingerprint density at radius 3 is 2.57 bits per heavy atom. The molecular weight excluding hydrogens is 376 g/mol. The Morgan fingerprint density at radius 1 is 1.11 bits per heavy atom. The molecule has 1 heterocycles. The van der Waals surface area contributed by atoms with Crippen LogP contribution in [0.2, 0.25) is 0 Å². The molecule has 0 unspecified atom stereocenters. The molecule has 0 spiro atoms. The standard InChI is InChI=1S/C20H22N4O3S/c1-11(21-15-5-7-16-19(10-15)28-13(3)23-16)20(26)24-17-9-14(22-12(2)25)6-8-18(17)27-4/h5-11,21H,1-4H3,(H,22,25)(H,24,26)/t11-/m1/s1. The molecule has 28 heavy (non-hydrogen) atoms. The number of methoxy groups -OCH3 is 1. The summed E-state index contributed by atoms with van der Waals surface area (Å²) in [5.74, 6) is 0.0984. The van der Waals surface area contributed by atoms with Crippen molar-refractivity contribution in [2.75, 3.05) is 23.1 Å². The molecule has 1 atom stereocenters. The summed E-state index contributed by atoms with van der Waals surface area (Å²) in [7, 11) is 1.52. The van der Waals surface area contributed by atoms with Crippen LogP contribution in [0, 0.1) is 6.92 Å². The highest BCUT2D eigenvalue weighted by Crippen LogP contribution is 2.29. The molecule has 0 aliphatic heterocycles. The van der Waals surface area contributed by atoms with E-state index in [4.69, 9.17) is 4.74 Å². The predicted molar refractivity (Wildman–Crippen MR) is 113 cm³/mol. The number of nitrogens with one attached hydrogen (secondary N) is 3. The molecule has 8 heteroatoms. The van der Waals surface area contributed by atoms with Crippen LogP contribution >= 0.6 is 11.3 Å². The van der Waals surface area contributed by atoms with Crippen LogP contribution in [0.4, 0.5) is 17.1 Å². The molecule has 3 N–H and O–H groups in total. The third-order valence-corrected chi connectivity index (χ3v) is 4.98. The first-order chi connectivity index (χ1) is 13.4. The van der Waals surface area contributed by atoms with Crippen molar-refractivity contribution in [3.8, 4) is 5.75 Å². The number of carbonyl (C=O) groups excluding carboxylic acids is 2. The van der Waals surface area contributed by atoms with Crippen molar-refractivity contribution in [1.29, 1.82) is 0 Å². The van der Waals surface area contributed by atoms with Gasteiger partial charge in [0.15, 0.2) is 0 Å². The van der Waals surface area contributed by atoms with E-state index in [0.29, 0.717) is 17.1 Å². The molecule has 3 aromatic rings. The van der Waals surface area contributed by atoms with Crippen molar-refractivity contribution < 1.29 is 14.3 Å². The number of ether oxygens (including phenoxy) is 1. The summed E-state index contributed by atoms with van der Waals surface area (Å²) in [4.78, 5) is 28.4.